The lowest BCUT2D eigenvalue weighted by atomic mass is 9.93. The fraction of sp³-hybridized carbons (Fsp3) is 0.692. The molecule has 1 aromatic rings. The minimum Gasteiger partial charge on any atom is -0.368 e. The van der Waals surface area contributed by atoms with Gasteiger partial charge in [0.05, 0.1) is 5.69 Å². The van der Waals surface area contributed by atoms with E-state index in [1.54, 1.807) is 0 Å². The monoisotopic (exact) mass is 250 g/mol. The molecule has 5 nitrogen and oxygen atoms in total. The van der Waals surface area contributed by atoms with E-state index in [0.29, 0.717) is 6.04 Å². The zero-order chi connectivity index (χ0) is 13.1. The van der Waals surface area contributed by atoms with Crippen LogP contribution in [0.3, 0.4) is 0 Å². The van der Waals surface area contributed by atoms with Crippen LogP contribution in [-0.2, 0) is 4.79 Å². The molecule has 0 bridgehead atoms. The Morgan fingerprint density at radius 1 is 1.39 bits per heavy atom. The van der Waals surface area contributed by atoms with Crippen molar-refractivity contribution in [2.24, 2.45) is 5.73 Å². The number of primary amides is 1. The zero-order valence-corrected chi connectivity index (χ0v) is 11.1. The highest BCUT2D eigenvalue weighted by Crippen LogP contribution is 2.24. The smallest absolute Gasteiger partial charge is 0.239 e. The number of H-pyrrole nitrogens is 1. The fourth-order valence-corrected chi connectivity index (χ4v) is 2.80. The van der Waals surface area contributed by atoms with Crippen molar-refractivity contribution in [3.05, 3.63) is 17.0 Å². The molecule has 0 aliphatic heterocycles. The Balaban J connectivity index is 2.15. The lowest BCUT2D eigenvalue weighted by Crippen LogP contribution is -2.41. The molecule has 5 heteroatoms. The number of aromatic nitrogens is 2. The highest BCUT2D eigenvalue weighted by atomic mass is 16.1. The Morgan fingerprint density at radius 2 is 2.06 bits per heavy atom. The van der Waals surface area contributed by atoms with E-state index in [0.717, 1.165) is 29.8 Å². The molecular formula is C13H22N4O. The molecule has 1 amide bonds. The number of nitrogens with one attached hydrogen (secondary N) is 2. The number of carbonyl (C=O) groups excluding carboxylic acids is 1. The quantitative estimate of drug-likeness (QED) is 0.756. The standard InChI is InChI=1S/C13H22N4O/c1-8-11(9(2)17-16-8)12(13(14)18)15-10-6-4-3-5-7-10/h10,12,15H,3-7H2,1-2H3,(H2,14,18)(H,16,17). The van der Waals surface area contributed by atoms with Crippen LogP contribution in [0.2, 0.25) is 0 Å². The van der Waals surface area contributed by atoms with E-state index in [-0.39, 0.29) is 5.91 Å². The number of nitrogens with zero attached hydrogens (tertiary/aromatic N) is 1. The predicted molar refractivity (Wildman–Crippen MR) is 70.0 cm³/mol. The van der Waals surface area contributed by atoms with Crippen LogP contribution < -0.4 is 11.1 Å². The third kappa shape index (κ3) is 2.72. The van der Waals surface area contributed by atoms with Gasteiger partial charge in [-0.1, -0.05) is 19.3 Å². The van der Waals surface area contributed by atoms with E-state index < -0.39 is 6.04 Å². The molecule has 0 saturated heterocycles. The van der Waals surface area contributed by atoms with Crippen LogP contribution >= 0.6 is 0 Å². The Labute approximate surface area is 108 Å². The van der Waals surface area contributed by atoms with E-state index in [2.05, 4.69) is 15.5 Å². The lowest BCUT2D eigenvalue weighted by molar-refractivity contribution is -0.120. The highest BCUT2D eigenvalue weighted by Gasteiger charge is 2.27. The predicted octanol–water partition coefficient (Wildman–Crippen LogP) is 1.48. The molecular weight excluding hydrogens is 228 g/mol. The number of hydrogen-bond acceptors (Lipinski definition) is 3. The van der Waals surface area contributed by atoms with E-state index in [9.17, 15) is 4.79 Å². The van der Waals surface area contributed by atoms with Crippen molar-refractivity contribution in [3.63, 3.8) is 0 Å². The van der Waals surface area contributed by atoms with Crippen molar-refractivity contribution in [1.29, 1.82) is 0 Å². The van der Waals surface area contributed by atoms with Gasteiger partial charge in [-0.3, -0.25) is 15.2 Å². The molecule has 2 rings (SSSR count). The largest absolute Gasteiger partial charge is 0.368 e. The molecule has 18 heavy (non-hydrogen) atoms. The van der Waals surface area contributed by atoms with Crippen molar-refractivity contribution >= 4 is 5.91 Å². The van der Waals surface area contributed by atoms with Crippen LogP contribution in [0, 0.1) is 13.8 Å². The topological polar surface area (TPSA) is 83.8 Å². The van der Waals surface area contributed by atoms with Crippen LogP contribution in [0.4, 0.5) is 0 Å². The second-order valence-electron chi connectivity index (χ2n) is 5.18. The normalized spacial score (nSPS) is 18.8. The van der Waals surface area contributed by atoms with E-state index in [1.807, 2.05) is 13.8 Å². The van der Waals surface area contributed by atoms with E-state index in [4.69, 9.17) is 5.73 Å². The summed E-state index contributed by atoms with van der Waals surface area (Å²) < 4.78 is 0. The number of aryl methyl sites for hydroxylation is 2. The summed E-state index contributed by atoms with van der Waals surface area (Å²) in [5.41, 5.74) is 8.21. The molecule has 0 spiro atoms. The van der Waals surface area contributed by atoms with Gasteiger partial charge in [0.15, 0.2) is 0 Å². The first kappa shape index (κ1) is 13.1. The first-order valence-corrected chi connectivity index (χ1v) is 6.66. The van der Waals surface area contributed by atoms with Crippen molar-refractivity contribution < 1.29 is 4.79 Å². The summed E-state index contributed by atoms with van der Waals surface area (Å²) >= 11 is 0. The maximum Gasteiger partial charge on any atom is 0.239 e. The number of rotatable bonds is 4. The third-order valence-electron chi connectivity index (χ3n) is 3.77. The van der Waals surface area contributed by atoms with Gasteiger partial charge in [0.1, 0.15) is 6.04 Å². The third-order valence-corrected chi connectivity index (χ3v) is 3.77. The summed E-state index contributed by atoms with van der Waals surface area (Å²) in [5, 5.41) is 10.5. The average Bonchev–Trinajstić information content (AvgIpc) is 2.67. The maximum absolute atomic E-state index is 11.7. The first-order valence-electron chi connectivity index (χ1n) is 6.66. The molecule has 100 valence electrons. The van der Waals surface area contributed by atoms with Crippen molar-refractivity contribution in [2.75, 3.05) is 0 Å². The molecule has 1 aliphatic carbocycles. The summed E-state index contributed by atoms with van der Waals surface area (Å²) in [6.45, 7) is 3.82. The summed E-state index contributed by atoms with van der Waals surface area (Å²) in [6, 6.07) is -0.0307. The van der Waals surface area contributed by atoms with Crippen LogP contribution in [0.1, 0.15) is 55.1 Å². The molecule has 1 aliphatic rings. The molecule has 4 N–H and O–H groups in total. The number of carbonyl (C=O) groups is 1. The Hall–Kier alpha value is -1.36. The number of aromatic amines is 1. The van der Waals surface area contributed by atoms with Gasteiger partial charge in [0.2, 0.25) is 5.91 Å². The Kier molecular flexibility index (Phi) is 4.01. The maximum atomic E-state index is 11.7. The lowest BCUT2D eigenvalue weighted by Gasteiger charge is -2.27. The number of amides is 1. The number of nitrogens with two attached hydrogens (primary N) is 1. The van der Waals surface area contributed by atoms with Gasteiger partial charge < -0.3 is 5.73 Å². The van der Waals surface area contributed by atoms with Crippen LogP contribution in [0.25, 0.3) is 0 Å². The summed E-state index contributed by atoms with van der Waals surface area (Å²) in [7, 11) is 0. The Bertz CT molecular complexity index is 401. The van der Waals surface area contributed by atoms with Crippen LogP contribution in [0.15, 0.2) is 0 Å². The molecule has 1 fully saturated rings. The fourth-order valence-electron chi connectivity index (χ4n) is 2.80. The van der Waals surface area contributed by atoms with E-state index in [1.165, 1.54) is 19.3 Å². The van der Waals surface area contributed by atoms with Gasteiger partial charge >= 0.3 is 0 Å². The summed E-state index contributed by atoms with van der Waals surface area (Å²) in [5.74, 6) is -0.326. The minimum atomic E-state index is -0.424. The summed E-state index contributed by atoms with van der Waals surface area (Å²) in [6.07, 6.45) is 6.00. The zero-order valence-electron chi connectivity index (χ0n) is 11.1. The first-order chi connectivity index (χ1) is 8.59. The molecule has 1 saturated carbocycles. The molecule has 0 aromatic carbocycles. The van der Waals surface area contributed by atoms with Crippen LogP contribution in [-0.4, -0.2) is 22.1 Å². The van der Waals surface area contributed by atoms with Gasteiger partial charge in [-0.25, -0.2) is 0 Å². The van der Waals surface area contributed by atoms with Crippen LogP contribution in [0.5, 0.6) is 0 Å². The van der Waals surface area contributed by atoms with Gasteiger partial charge in [-0.15, -0.1) is 0 Å². The van der Waals surface area contributed by atoms with Crippen molar-refractivity contribution in [1.82, 2.24) is 15.5 Å². The van der Waals surface area contributed by atoms with Crippen molar-refractivity contribution in [3.8, 4) is 0 Å². The summed E-state index contributed by atoms with van der Waals surface area (Å²) in [4.78, 5) is 11.7. The molecule has 0 radical (unpaired) electrons. The highest BCUT2D eigenvalue weighted by molar-refractivity contribution is 5.82. The molecule has 1 heterocycles. The average molecular weight is 250 g/mol. The minimum absolute atomic E-state index is 0.326. The van der Waals surface area contributed by atoms with E-state index >= 15 is 0 Å². The number of hydrogen-bond donors (Lipinski definition) is 3. The molecule has 1 aromatic heterocycles. The van der Waals surface area contributed by atoms with Crippen molar-refractivity contribution in [2.45, 2.75) is 58.0 Å². The molecule has 1 atom stereocenters. The SMILES string of the molecule is Cc1n[nH]c(C)c1C(NC1CCCCC1)C(N)=O. The van der Waals surface area contributed by atoms with Gasteiger partial charge in [0, 0.05) is 17.3 Å². The molecule has 1 unspecified atom stereocenters. The van der Waals surface area contributed by atoms with Gasteiger partial charge in [-0.2, -0.15) is 5.10 Å². The van der Waals surface area contributed by atoms with Gasteiger partial charge in [-0.05, 0) is 26.7 Å². The Morgan fingerprint density at radius 3 is 2.56 bits per heavy atom. The second-order valence-corrected chi connectivity index (χ2v) is 5.18. The second kappa shape index (κ2) is 5.52. The van der Waals surface area contributed by atoms with Gasteiger partial charge in [0.25, 0.3) is 0 Å².